The van der Waals surface area contributed by atoms with Crippen LogP contribution in [0.3, 0.4) is 0 Å². The second-order valence-electron chi connectivity index (χ2n) is 21.3. The van der Waals surface area contributed by atoms with Gasteiger partial charge in [-0.2, -0.15) is 0 Å². The lowest BCUT2D eigenvalue weighted by molar-refractivity contribution is -0.167. The van der Waals surface area contributed by atoms with Crippen molar-refractivity contribution in [2.24, 2.45) is 0 Å². The molecule has 0 N–H and O–H groups in total. The number of hydrogen-bond donors (Lipinski definition) is 0. The SMILES string of the molecule is CC/C=C\C/C=C\C/C=C\C/C=C\CCCCCCCCC(=O)OC(COC(=O)CCCCCCC/C=C\CCCCCCC)COC(=O)CCCCCCCCCCCCC/C=C\CCCCCCCCCC. The number of esters is 3. The van der Waals surface area contributed by atoms with Gasteiger partial charge in [0.1, 0.15) is 13.2 Å². The fraction of sp³-hybridized carbons (Fsp3) is 0.779. The summed E-state index contributed by atoms with van der Waals surface area (Å²) in [6, 6.07) is 0. The van der Waals surface area contributed by atoms with Crippen LogP contribution in [0.2, 0.25) is 0 Å². The van der Waals surface area contributed by atoms with Gasteiger partial charge in [-0.05, 0) is 109 Å². The third-order valence-corrected chi connectivity index (χ3v) is 13.9. The quantitative estimate of drug-likeness (QED) is 0.0261. The van der Waals surface area contributed by atoms with E-state index in [2.05, 4.69) is 93.7 Å². The van der Waals surface area contributed by atoms with E-state index in [9.17, 15) is 14.4 Å². The van der Waals surface area contributed by atoms with Crippen molar-refractivity contribution in [3.63, 3.8) is 0 Å². The highest BCUT2D eigenvalue weighted by molar-refractivity contribution is 5.71. The predicted molar refractivity (Wildman–Crippen MR) is 321 cm³/mol. The maximum absolute atomic E-state index is 12.9. The molecule has 0 aliphatic rings. The second-order valence-corrected chi connectivity index (χ2v) is 21.3. The normalized spacial score (nSPS) is 12.5. The molecule has 0 aliphatic carbocycles. The second kappa shape index (κ2) is 62.4. The van der Waals surface area contributed by atoms with Crippen LogP contribution < -0.4 is 0 Å². The Kier molecular flexibility index (Phi) is 59.7. The van der Waals surface area contributed by atoms with Crippen molar-refractivity contribution in [2.75, 3.05) is 13.2 Å². The standard InChI is InChI=1S/C68H120O6/c1-4-7-10-13-16-19-22-25-28-30-32-33-34-35-37-38-40-43-46-49-52-55-58-61-67(70)73-64-65(63-72-66(69)60-57-54-51-48-45-42-27-24-21-18-15-12-9-6-3)74-68(71)62-59-56-53-50-47-44-41-39-36-31-29-26-23-20-17-14-11-8-5-2/h8,11,17,20,24,26-27,29-30,32,36,39,65H,4-7,9-10,12-16,18-19,21-23,25,28,31,33-35,37-38,40-64H2,1-3H3/b11-8-,20-17-,27-24-,29-26-,32-30-,39-36-. The Morgan fingerprint density at radius 2 is 0.527 bits per heavy atom. The molecule has 1 atom stereocenters. The Labute approximate surface area is 459 Å². The van der Waals surface area contributed by atoms with Crippen LogP contribution >= 0.6 is 0 Å². The van der Waals surface area contributed by atoms with Crippen LogP contribution in [0, 0.1) is 0 Å². The van der Waals surface area contributed by atoms with Gasteiger partial charge >= 0.3 is 17.9 Å². The molecule has 0 fully saturated rings. The van der Waals surface area contributed by atoms with E-state index >= 15 is 0 Å². The van der Waals surface area contributed by atoms with E-state index in [1.165, 1.54) is 180 Å². The molecule has 0 aliphatic heterocycles. The van der Waals surface area contributed by atoms with Crippen molar-refractivity contribution in [3.05, 3.63) is 72.9 Å². The topological polar surface area (TPSA) is 78.9 Å². The van der Waals surface area contributed by atoms with Crippen LogP contribution in [0.1, 0.15) is 323 Å². The lowest BCUT2D eigenvalue weighted by Gasteiger charge is -2.18. The maximum atomic E-state index is 12.9. The van der Waals surface area contributed by atoms with Crippen LogP contribution in [0.5, 0.6) is 0 Å². The van der Waals surface area contributed by atoms with Crippen LogP contribution in [-0.4, -0.2) is 37.2 Å². The number of carbonyl (C=O) groups excluding carboxylic acids is 3. The van der Waals surface area contributed by atoms with Crippen LogP contribution in [0.25, 0.3) is 0 Å². The van der Waals surface area contributed by atoms with E-state index in [-0.39, 0.29) is 31.1 Å². The van der Waals surface area contributed by atoms with Crippen molar-refractivity contribution >= 4 is 17.9 Å². The van der Waals surface area contributed by atoms with Crippen molar-refractivity contribution in [1.29, 1.82) is 0 Å². The van der Waals surface area contributed by atoms with Gasteiger partial charge in [-0.15, -0.1) is 0 Å². The zero-order chi connectivity index (χ0) is 53.6. The molecule has 74 heavy (non-hydrogen) atoms. The molecule has 0 rings (SSSR count). The summed E-state index contributed by atoms with van der Waals surface area (Å²) in [7, 11) is 0. The average Bonchev–Trinajstić information content (AvgIpc) is 3.40. The molecule has 0 saturated carbocycles. The molecule has 0 aromatic carbocycles. The summed E-state index contributed by atoms with van der Waals surface area (Å²) in [5.41, 5.74) is 0. The molecule has 428 valence electrons. The van der Waals surface area contributed by atoms with Crippen molar-refractivity contribution in [3.8, 4) is 0 Å². The highest BCUT2D eigenvalue weighted by atomic mass is 16.6. The van der Waals surface area contributed by atoms with Gasteiger partial charge in [0.15, 0.2) is 6.10 Å². The molecule has 0 heterocycles. The van der Waals surface area contributed by atoms with Crippen LogP contribution in [-0.2, 0) is 28.6 Å². The Hall–Kier alpha value is -3.15. The number of hydrogen-bond acceptors (Lipinski definition) is 6. The molecule has 0 spiro atoms. The van der Waals surface area contributed by atoms with Gasteiger partial charge in [-0.1, -0.05) is 267 Å². The molecule has 6 heteroatoms. The molecule has 6 nitrogen and oxygen atoms in total. The first-order valence-electron chi connectivity index (χ1n) is 31.9. The highest BCUT2D eigenvalue weighted by Gasteiger charge is 2.19. The zero-order valence-electron chi connectivity index (χ0n) is 49.1. The number of allylic oxidation sites excluding steroid dienone is 12. The van der Waals surface area contributed by atoms with Gasteiger partial charge in [0.2, 0.25) is 0 Å². The van der Waals surface area contributed by atoms with Crippen LogP contribution in [0.15, 0.2) is 72.9 Å². The summed E-state index contributed by atoms with van der Waals surface area (Å²) >= 11 is 0. The Balaban J connectivity index is 4.35. The summed E-state index contributed by atoms with van der Waals surface area (Å²) in [4.78, 5) is 38.3. The van der Waals surface area contributed by atoms with Crippen molar-refractivity contribution in [1.82, 2.24) is 0 Å². The minimum atomic E-state index is -0.788. The molecule has 0 aromatic rings. The van der Waals surface area contributed by atoms with E-state index in [4.69, 9.17) is 14.2 Å². The Bertz CT molecular complexity index is 1370. The van der Waals surface area contributed by atoms with Crippen molar-refractivity contribution < 1.29 is 28.6 Å². The van der Waals surface area contributed by atoms with Gasteiger partial charge < -0.3 is 14.2 Å². The third-order valence-electron chi connectivity index (χ3n) is 13.9. The monoisotopic (exact) mass is 1030 g/mol. The zero-order valence-corrected chi connectivity index (χ0v) is 49.1. The molecule has 0 amide bonds. The number of ether oxygens (including phenoxy) is 3. The van der Waals surface area contributed by atoms with Gasteiger partial charge in [-0.3, -0.25) is 14.4 Å². The summed E-state index contributed by atoms with van der Waals surface area (Å²) < 4.78 is 16.9. The molecule has 0 radical (unpaired) electrons. The molecular weight excluding hydrogens is 913 g/mol. The lowest BCUT2D eigenvalue weighted by atomic mass is 10.0. The first-order valence-corrected chi connectivity index (χ1v) is 31.9. The summed E-state index contributed by atoms with van der Waals surface area (Å²) in [5, 5.41) is 0. The summed E-state index contributed by atoms with van der Waals surface area (Å²) in [6.07, 6.45) is 80.5. The Morgan fingerprint density at radius 3 is 0.838 bits per heavy atom. The smallest absolute Gasteiger partial charge is 0.306 e. The molecule has 0 bridgehead atoms. The molecular formula is C68H120O6. The fourth-order valence-corrected chi connectivity index (χ4v) is 9.13. The van der Waals surface area contributed by atoms with Gasteiger partial charge in [-0.25, -0.2) is 0 Å². The van der Waals surface area contributed by atoms with E-state index in [0.717, 1.165) is 103 Å². The highest BCUT2D eigenvalue weighted by Crippen LogP contribution is 2.16. The first-order chi connectivity index (χ1) is 36.5. The fourth-order valence-electron chi connectivity index (χ4n) is 9.13. The van der Waals surface area contributed by atoms with E-state index < -0.39 is 6.10 Å². The number of unbranched alkanes of at least 4 members (excludes halogenated alkanes) is 35. The molecule has 0 saturated heterocycles. The lowest BCUT2D eigenvalue weighted by Crippen LogP contribution is -2.30. The average molecular weight is 1030 g/mol. The Morgan fingerprint density at radius 1 is 0.284 bits per heavy atom. The minimum absolute atomic E-state index is 0.0828. The number of rotatable bonds is 58. The van der Waals surface area contributed by atoms with E-state index in [0.29, 0.717) is 19.3 Å². The third kappa shape index (κ3) is 59.7. The van der Waals surface area contributed by atoms with E-state index in [1.54, 1.807) is 0 Å². The van der Waals surface area contributed by atoms with E-state index in [1.807, 2.05) is 0 Å². The predicted octanol–water partition coefficient (Wildman–Crippen LogP) is 21.7. The van der Waals surface area contributed by atoms with Gasteiger partial charge in [0.25, 0.3) is 0 Å². The van der Waals surface area contributed by atoms with Crippen molar-refractivity contribution in [2.45, 2.75) is 329 Å². The molecule has 0 aromatic heterocycles. The van der Waals surface area contributed by atoms with Crippen LogP contribution in [0.4, 0.5) is 0 Å². The summed E-state index contributed by atoms with van der Waals surface area (Å²) in [5.74, 6) is -0.893. The van der Waals surface area contributed by atoms with Gasteiger partial charge in [0.05, 0.1) is 0 Å². The largest absolute Gasteiger partial charge is 0.462 e. The molecule has 1 unspecified atom stereocenters. The minimum Gasteiger partial charge on any atom is -0.462 e. The maximum Gasteiger partial charge on any atom is 0.306 e. The number of carbonyl (C=O) groups is 3. The summed E-state index contributed by atoms with van der Waals surface area (Å²) in [6.45, 7) is 6.53. The first kappa shape index (κ1) is 70.8. The van der Waals surface area contributed by atoms with Gasteiger partial charge in [0, 0.05) is 19.3 Å².